The predicted octanol–water partition coefficient (Wildman–Crippen LogP) is 3.20. The fourth-order valence-corrected chi connectivity index (χ4v) is 2.51. The first-order valence-electron chi connectivity index (χ1n) is 6.50. The summed E-state index contributed by atoms with van der Waals surface area (Å²) in [5.74, 6) is 0.403. The van der Waals surface area contributed by atoms with E-state index in [9.17, 15) is 4.79 Å². The van der Waals surface area contributed by atoms with Gasteiger partial charge in [-0.3, -0.25) is 9.89 Å². The third-order valence-electron chi connectivity index (χ3n) is 3.58. The maximum atomic E-state index is 11.9. The van der Waals surface area contributed by atoms with Crippen LogP contribution in [0.25, 0.3) is 0 Å². The molecule has 1 aromatic rings. The van der Waals surface area contributed by atoms with E-state index < -0.39 is 0 Å². The molecule has 1 saturated carbocycles. The van der Waals surface area contributed by atoms with Crippen LogP contribution in [0.2, 0.25) is 0 Å². The second-order valence-corrected chi connectivity index (χ2v) is 5.22. The highest BCUT2D eigenvalue weighted by Crippen LogP contribution is 2.25. The molecule has 3 nitrogen and oxygen atoms in total. The monoisotopic (exact) mass is 222 g/mol. The summed E-state index contributed by atoms with van der Waals surface area (Å²) in [6.45, 7) is 4.23. The number of H-pyrrole nitrogens is 1. The smallest absolute Gasteiger partial charge is 0.266 e. The van der Waals surface area contributed by atoms with Crippen LogP contribution in [-0.2, 0) is 0 Å². The maximum absolute atomic E-state index is 11.9. The normalized spacial score (nSPS) is 18.9. The highest BCUT2D eigenvalue weighted by molar-refractivity contribution is 5.05. The molecule has 1 aliphatic rings. The molecule has 0 spiro atoms. The molecule has 0 saturated heterocycles. The summed E-state index contributed by atoms with van der Waals surface area (Å²) in [5, 5.41) is 3.28. The van der Waals surface area contributed by atoms with Gasteiger partial charge < -0.3 is 0 Å². The van der Waals surface area contributed by atoms with Crippen molar-refractivity contribution >= 4 is 0 Å². The van der Waals surface area contributed by atoms with Crippen LogP contribution in [0.3, 0.4) is 0 Å². The molecule has 0 aromatic carbocycles. The number of rotatable bonds is 2. The van der Waals surface area contributed by atoms with E-state index in [0.717, 1.165) is 18.5 Å². The van der Waals surface area contributed by atoms with Crippen molar-refractivity contribution in [2.24, 2.45) is 0 Å². The van der Waals surface area contributed by atoms with Crippen LogP contribution in [-0.4, -0.2) is 9.78 Å². The lowest BCUT2D eigenvalue weighted by Crippen LogP contribution is -2.21. The van der Waals surface area contributed by atoms with Crippen LogP contribution in [0.1, 0.15) is 70.0 Å². The quantitative estimate of drug-likeness (QED) is 0.767. The summed E-state index contributed by atoms with van der Waals surface area (Å²) in [5.41, 5.74) is 1.21. The standard InChI is InChI=1S/C13H22N2O/c1-10(2)12-9-13(16)15(14-12)11-7-5-3-4-6-8-11/h9-11,14H,3-8H2,1-2H3. The minimum Gasteiger partial charge on any atom is -0.299 e. The van der Waals surface area contributed by atoms with E-state index in [4.69, 9.17) is 0 Å². The minimum atomic E-state index is 0.149. The molecule has 0 amide bonds. The van der Waals surface area contributed by atoms with Crippen LogP contribution < -0.4 is 5.56 Å². The second-order valence-electron chi connectivity index (χ2n) is 5.22. The molecule has 1 aliphatic carbocycles. The summed E-state index contributed by atoms with van der Waals surface area (Å²) in [6.07, 6.45) is 7.46. The Morgan fingerprint density at radius 1 is 1.25 bits per heavy atom. The first kappa shape index (κ1) is 11.5. The topological polar surface area (TPSA) is 37.8 Å². The summed E-state index contributed by atoms with van der Waals surface area (Å²) in [7, 11) is 0. The van der Waals surface area contributed by atoms with Crippen LogP contribution >= 0.6 is 0 Å². The molecule has 90 valence electrons. The van der Waals surface area contributed by atoms with Crippen LogP contribution in [0.15, 0.2) is 10.9 Å². The van der Waals surface area contributed by atoms with Crippen molar-refractivity contribution < 1.29 is 0 Å². The number of hydrogen-bond donors (Lipinski definition) is 1. The predicted molar refractivity (Wildman–Crippen MR) is 65.9 cm³/mol. The van der Waals surface area contributed by atoms with Crippen LogP contribution in [0.4, 0.5) is 0 Å². The largest absolute Gasteiger partial charge is 0.299 e. The third-order valence-corrected chi connectivity index (χ3v) is 3.58. The Kier molecular flexibility index (Phi) is 3.52. The molecule has 1 fully saturated rings. The average molecular weight is 222 g/mol. The van der Waals surface area contributed by atoms with Crippen molar-refractivity contribution in [3.8, 4) is 0 Å². The van der Waals surface area contributed by atoms with E-state index in [1.807, 2.05) is 4.68 Å². The molecule has 1 aromatic heterocycles. The van der Waals surface area contributed by atoms with Crippen molar-refractivity contribution in [2.45, 2.75) is 64.3 Å². The van der Waals surface area contributed by atoms with Gasteiger partial charge in [0.1, 0.15) is 0 Å². The molecule has 3 heteroatoms. The lowest BCUT2D eigenvalue weighted by molar-refractivity contribution is 0.393. The van der Waals surface area contributed by atoms with Gasteiger partial charge in [-0.2, -0.15) is 0 Å². The van der Waals surface area contributed by atoms with Gasteiger partial charge in [0.05, 0.1) is 6.04 Å². The molecule has 0 radical (unpaired) electrons. The lowest BCUT2D eigenvalue weighted by atomic mass is 10.1. The van der Waals surface area contributed by atoms with Crippen molar-refractivity contribution in [2.75, 3.05) is 0 Å². The Hall–Kier alpha value is -0.990. The molecule has 1 N–H and O–H groups in total. The highest BCUT2D eigenvalue weighted by atomic mass is 16.1. The third kappa shape index (κ3) is 2.39. The van der Waals surface area contributed by atoms with E-state index in [1.54, 1.807) is 6.07 Å². The average Bonchev–Trinajstić information content (AvgIpc) is 2.50. The zero-order valence-electron chi connectivity index (χ0n) is 10.3. The lowest BCUT2D eigenvalue weighted by Gasteiger charge is -2.15. The zero-order valence-corrected chi connectivity index (χ0v) is 10.3. The maximum Gasteiger partial charge on any atom is 0.266 e. The minimum absolute atomic E-state index is 0.149. The van der Waals surface area contributed by atoms with E-state index in [1.165, 1.54) is 25.7 Å². The van der Waals surface area contributed by atoms with E-state index in [-0.39, 0.29) is 5.56 Å². The number of nitrogens with zero attached hydrogens (tertiary/aromatic N) is 1. The van der Waals surface area contributed by atoms with E-state index >= 15 is 0 Å². The van der Waals surface area contributed by atoms with Gasteiger partial charge in [0.2, 0.25) is 0 Å². The fourth-order valence-electron chi connectivity index (χ4n) is 2.51. The van der Waals surface area contributed by atoms with Crippen molar-refractivity contribution in [1.29, 1.82) is 0 Å². The molecule has 2 rings (SSSR count). The summed E-state index contributed by atoms with van der Waals surface area (Å²) < 4.78 is 1.86. The number of hydrogen-bond acceptors (Lipinski definition) is 1. The van der Waals surface area contributed by atoms with Gasteiger partial charge in [-0.05, 0) is 18.8 Å². The van der Waals surface area contributed by atoms with Crippen LogP contribution in [0.5, 0.6) is 0 Å². The van der Waals surface area contributed by atoms with Gasteiger partial charge >= 0.3 is 0 Å². The summed E-state index contributed by atoms with van der Waals surface area (Å²) >= 11 is 0. The van der Waals surface area contributed by atoms with Crippen molar-refractivity contribution in [1.82, 2.24) is 9.78 Å². The van der Waals surface area contributed by atoms with Crippen molar-refractivity contribution in [3.63, 3.8) is 0 Å². The molecule has 0 aliphatic heterocycles. The first-order chi connectivity index (χ1) is 7.68. The van der Waals surface area contributed by atoms with Gasteiger partial charge in [0.15, 0.2) is 0 Å². The zero-order chi connectivity index (χ0) is 11.5. The molecule has 1 heterocycles. The summed E-state index contributed by atoms with van der Waals surface area (Å²) in [6, 6.07) is 2.16. The van der Waals surface area contributed by atoms with Crippen LogP contribution in [0, 0.1) is 0 Å². The Morgan fingerprint density at radius 3 is 2.38 bits per heavy atom. The number of aromatic nitrogens is 2. The SMILES string of the molecule is CC(C)c1cc(=O)n(C2CCCCCC2)[nH]1. The fraction of sp³-hybridized carbons (Fsp3) is 0.769. The van der Waals surface area contributed by atoms with Crippen molar-refractivity contribution in [3.05, 3.63) is 22.1 Å². The highest BCUT2D eigenvalue weighted by Gasteiger charge is 2.17. The Morgan fingerprint density at radius 2 is 1.88 bits per heavy atom. The van der Waals surface area contributed by atoms with E-state index in [0.29, 0.717) is 12.0 Å². The van der Waals surface area contributed by atoms with Gasteiger partial charge in [-0.25, -0.2) is 4.68 Å². The van der Waals surface area contributed by atoms with Gasteiger partial charge in [0.25, 0.3) is 5.56 Å². The first-order valence-corrected chi connectivity index (χ1v) is 6.50. The summed E-state index contributed by atoms with van der Waals surface area (Å²) in [4.78, 5) is 11.9. The number of nitrogens with one attached hydrogen (secondary N) is 1. The molecular formula is C13H22N2O. The Bertz CT molecular complexity index is 381. The number of aromatic amines is 1. The molecule has 0 bridgehead atoms. The van der Waals surface area contributed by atoms with Gasteiger partial charge in [0, 0.05) is 11.8 Å². The van der Waals surface area contributed by atoms with Gasteiger partial charge in [-0.1, -0.05) is 39.5 Å². The second kappa shape index (κ2) is 4.89. The van der Waals surface area contributed by atoms with E-state index in [2.05, 4.69) is 18.9 Å². The molecule has 0 atom stereocenters. The van der Waals surface area contributed by atoms with Gasteiger partial charge in [-0.15, -0.1) is 0 Å². The molecule has 16 heavy (non-hydrogen) atoms. The Balaban J connectivity index is 2.21. The Labute approximate surface area is 96.8 Å². The molecule has 0 unspecified atom stereocenters. The molecular weight excluding hydrogens is 200 g/mol.